The highest BCUT2D eigenvalue weighted by atomic mass is 79.9. The van der Waals surface area contributed by atoms with Gasteiger partial charge in [-0.05, 0) is 31.7 Å². The smallest absolute Gasteiger partial charge is 0.234 e. The maximum absolute atomic E-state index is 11.8. The van der Waals surface area contributed by atoms with Crippen LogP contribution in [0.25, 0.3) is 0 Å². The first-order chi connectivity index (χ1) is 8.52. The van der Waals surface area contributed by atoms with Crippen molar-refractivity contribution in [3.8, 4) is 0 Å². The van der Waals surface area contributed by atoms with Crippen LogP contribution in [0.5, 0.6) is 0 Å². The number of likely N-dealkylation sites (N-methyl/N-ethyl adjacent to an activating group) is 1. The fraction of sp³-hybridized carbons (Fsp3) is 0.462. The van der Waals surface area contributed by atoms with Gasteiger partial charge < -0.3 is 11.1 Å². The molecule has 0 aromatic heterocycles. The number of amides is 1. The summed E-state index contributed by atoms with van der Waals surface area (Å²) in [5, 5.41) is 2.97. The summed E-state index contributed by atoms with van der Waals surface area (Å²) in [4.78, 5) is 13.7. The third-order valence-electron chi connectivity index (χ3n) is 2.67. The van der Waals surface area contributed by atoms with Crippen LogP contribution < -0.4 is 11.1 Å². The van der Waals surface area contributed by atoms with E-state index in [4.69, 9.17) is 5.73 Å². The van der Waals surface area contributed by atoms with Gasteiger partial charge in [-0.1, -0.05) is 28.1 Å². The minimum Gasteiger partial charge on any atom is -0.348 e. The van der Waals surface area contributed by atoms with Crippen molar-refractivity contribution in [2.24, 2.45) is 5.73 Å². The minimum atomic E-state index is 0.0110. The van der Waals surface area contributed by atoms with E-state index in [0.717, 1.165) is 16.6 Å². The monoisotopic (exact) mass is 313 g/mol. The van der Waals surface area contributed by atoms with Crippen LogP contribution >= 0.6 is 15.9 Å². The summed E-state index contributed by atoms with van der Waals surface area (Å²) in [7, 11) is 1.89. The first-order valence-corrected chi connectivity index (χ1v) is 6.75. The number of halogens is 1. The summed E-state index contributed by atoms with van der Waals surface area (Å²) in [6.45, 7) is 3.63. The predicted molar refractivity (Wildman–Crippen MR) is 77.3 cm³/mol. The number of nitrogens with two attached hydrogens (primary N) is 1. The van der Waals surface area contributed by atoms with Crippen LogP contribution in [0.2, 0.25) is 0 Å². The molecule has 0 heterocycles. The predicted octanol–water partition coefficient (Wildman–Crippen LogP) is 1.52. The largest absolute Gasteiger partial charge is 0.348 e. The molecule has 1 aromatic rings. The molecule has 0 saturated heterocycles. The topological polar surface area (TPSA) is 58.4 Å². The lowest BCUT2D eigenvalue weighted by Crippen LogP contribution is -2.38. The zero-order valence-electron chi connectivity index (χ0n) is 10.8. The average molecular weight is 314 g/mol. The number of carbonyl (C=O) groups excluding carboxylic acids is 1. The molecule has 1 unspecified atom stereocenters. The third-order valence-corrected chi connectivity index (χ3v) is 3.20. The molecule has 3 N–H and O–H groups in total. The number of nitrogens with zero attached hydrogens (tertiary/aromatic N) is 1. The van der Waals surface area contributed by atoms with Crippen molar-refractivity contribution in [3.05, 3.63) is 34.3 Å². The van der Waals surface area contributed by atoms with E-state index >= 15 is 0 Å². The van der Waals surface area contributed by atoms with Crippen molar-refractivity contribution in [2.75, 3.05) is 26.7 Å². The van der Waals surface area contributed by atoms with E-state index in [9.17, 15) is 4.79 Å². The van der Waals surface area contributed by atoms with Crippen LogP contribution in [0.3, 0.4) is 0 Å². The Balaban J connectivity index is 2.46. The molecule has 0 radical (unpaired) electrons. The zero-order chi connectivity index (χ0) is 13.5. The van der Waals surface area contributed by atoms with Crippen molar-refractivity contribution >= 4 is 21.8 Å². The Morgan fingerprint density at radius 2 is 2.06 bits per heavy atom. The molecule has 5 heteroatoms. The van der Waals surface area contributed by atoms with E-state index in [2.05, 4.69) is 21.2 Å². The van der Waals surface area contributed by atoms with Crippen molar-refractivity contribution in [1.82, 2.24) is 10.2 Å². The number of hydrogen-bond donors (Lipinski definition) is 2. The Bertz CT molecular complexity index is 380. The summed E-state index contributed by atoms with van der Waals surface area (Å²) in [5.74, 6) is 0.0152. The Morgan fingerprint density at radius 1 is 1.44 bits per heavy atom. The Morgan fingerprint density at radius 3 is 2.61 bits per heavy atom. The van der Waals surface area contributed by atoms with Gasteiger partial charge in [0.05, 0.1) is 12.6 Å². The second-order valence-corrected chi connectivity index (χ2v) is 5.28. The van der Waals surface area contributed by atoms with Gasteiger partial charge in [0.25, 0.3) is 0 Å². The van der Waals surface area contributed by atoms with Gasteiger partial charge in [0.1, 0.15) is 0 Å². The summed E-state index contributed by atoms with van der Waals surface area (Å²) in [5.41, 5.74) is 6.52. The van der Waals surface area contributed by atoms with Gasteiger partial charge in [-0.15, -0.1) is 0 Å². The molecular formula is C13H20BrN3O. The van der Waals surface area contributed by atoms with Gasteiger partial charge >= 0.3 is 0 Å². The van der Waals surface area contributed by atoms with Crippen LogP contribution in [-0.4, -0.2) is 37.5 Å². The Labute approximate surface area is 117 Å². The molecule has 1 rings (SSSR count). The normalized spacial score (nSPS) is 12.5. The molecule has 100 valence electrons. The fourth-order valence-electron chi connectivity index (χ4n) is 1.67. The van der Waals surface area contributed by atoms with Crippen LogP contribution in [0.1, 0.15) is 18.5 Å². The van der Waals surface area contributed by atoms with E-state index in [0.29, 0.717) is 13.1 Å². The SMILES string of the molecule is CC(NC(=O)CN(C)CCN)c1ccc(Br)cc1. The molecule has 4 nitrogen and oxygen atoms in total. The standard InChI is InChI=1S/C13H20BrN3O/c1-10(11-3-5-12(14)6-4-11)16-13(18)9-17(2)8-7-15/h3-6,10H,7-9,15H2,1-2H3,(H,16,18). The van der Waals surface area contributed by atoms with E-state index in [1.807, 2.05) is 43.1 Å². The minimum absolute atomic E-state index is 0.0110. The van der Waals surface area contributed by atoms with Gasteiger partial charge in [0, 0.05) is 17.6 Å². The first kappa shape index (κ1) is 15.1. The molecular weight excluding hydrogens is 294 g/mol. The molecule has 0 aliphatic rings. The molecule has 0 bridgehead atoms. The lowest BCUT2D eigenvalue weighted by atomic mass is 10.1. The van der Waals surface area contributed by atoms with Gasteiger partial charge in [0.15, 0.2) is 0 Å². The molecule has 0 aliphatic carbocycles. The van der Waals surface area contributed by atoms with Gasteiger partial charge in [-0.3, -0.25) is 9.69 Å². The van der Waals surface area contributed by atoms with E-state index in [1.165, 1.54) is 0 Å². The van der Waals surface area contributed by atoms with Gasteiger partial charge in [-0.2, -0.15) is 0 Å². The Kier molecular flexibility index (Phi) is 6.32. The average Bonchev–Trinajstić information content (AvgIpc) is 2.29. The summed E-state index contributed by atoms with van der Waals surface area (Å²) in [6.07, 6.45) is 0. The molecule has 0 fully saturated rings. The summed E-state index contributed by atoms with van der Waals surface area (Å²) in [6, 6.07) is 7.95. The van der Waals surface area contributed by atoms with E-state index < -0.39 is 0 Å². The second-order valence-electron chi connectivity index (χ2n) is 4.37. The molecule has 1 amide bonds. The number of rotatable bonds is 6. The van der Waals surface area contributed by atoms with Crippen LogP contribution in [0.4, 0.5) is 0 Å². The Hall–Kier alpha value is -0.910. The van der Waals surface area contributed by atoms with Crippen LogP contribution in [-0.2, 0) is 4.79 Å². The van der Waals surface area contributed by atoms with E-state index in [-0.39, 0.29) is 11.9 Å². The number of hydrogen-bond acceptors (Lipinski definition) is 3. The highest BCUT2D eigenvalue weighted by Gasteiger charge is 2.10. The third kappa shape index (κ3) is 5.16. The molecule has 0 saturated carbocycles. The van der Waals surface area contributed by atoms with Crippen molar-refractivity contribution < 1.29 is 4.79 Å². The lowest BCUT2D eigenvalue weighted by molar-refractivity contribution is -0.122. The molecule has 0 spiro atoms. The molecule has 1 atom stereocenters. The quantitative estimate of drug-likeness (QED) is 0.837. The van der Waals surface area contributed by atoms with Crippen molar-refractivity contribution in [1.29, 1.82) is 0 Å². The van der Waals surface area contributed by atoms with Crippen LogP contribution in [0.15, 0.2) is 28.7 Å². The van der Waals surface area contributed by atoms with E-state index in [1.54, 1.807) is 0 Å². The summed E-state index contributed by atoms with van der Waals surface area (Å²) < 4.78 is 1.03. The van der Waals surface area contributed by atoms with Crippen molar-refractivity contribution in [2.45, 2.75) is 13.0 Å². The lowest BCUT2D eigenvalue weighted by Gasteiger charge is -2.18. The van der Waals surface area contributed by atoms with Gasteiger partial charge in [-0.25, -0.2) is 0 Å². The second kappa shape index (κ2) is 7.51. The van der Waals surface area contributed by atoms with Crippen LogP contribution in [0, 0.1) is 0 Å². The fourth-order valence-corrected chi connectivity index (χ4v) is 1.93. The summed E-state index contributed by atoms with van der Waals surface area (Å²) >= 11 is 3.39. The first-order valence-electron chi connectivity index (χ1n) is 5.96. The number of carbonyl (C=O) groups is 1. The van der Waals surface area contributed by atoms with Gasteiger partial charge in [0.2, 0.25) is 5.91 Å². The maximum atomic E-state index is 11.8. The molecule has 0 aliphatic heterocycles. The number of benzene rings is 1. The maximum Gasteiger partial charge on any atom is 0.234 e. The zero-order valence-corrected chi connectivity index (χ0v) is 12.4. The highest BCUT2D eigenvalue weighted by Crippen LogP contribution is 2.16. The van der Waals surface area contributed by atoms with Crippen molar-refractivity contribution in [3.63, 3.8) is 0 Å². The molecule has 1 aromatic carbocycles. The molecule has 18 heavy (non-hydrogen) atoms. The number of nitrogens with one attached hydrogen (secondary N) is 1. The highest BCUT2D eigenvalue weighted by molar-refractivity contribution is 9.10.